The Kier molecular flexibility index (Phi) is 10.1. The van der Waals surface area contributed by atoms with Gasteiger partial charge in [0.15, 0.2) is 0 Å². The first kappa shape index (κ1) is 30.4. The van der Waals surface area contributed by atoms with Crippen molar-refractivity contribution in [3.8, 4) is 11.3 Å². The number of halogens is 2. The molecule has 0 aliphatic carbocycles. The summed E-state index contributed by atoms with van der Waals surface area (Å²) in [5.41, 5.74) is 4.20. The minimum atomic E-state index is -3.12. The predicted molar refractivity (Wildman–Crippen MR) is 154 cm³/mol. The number of nitrogens with one attached hydrogen (secondary N) is 1. The molecule has 0 atom stereocenters. The minimum absolute atomic E-state index is 0.200. The summed E-state index contributed by atoms with van der Waals surface area (Å²) in [5.74, 6) is -3.12. The van der Waals surface area contributed by atoms with Crippen LogP contribution in [0.4, 0.5) is 8.78 Å². The number of rotatable bonds is 6. The number of alkyl halides is 2. The van der Waals surface area contributed by atoms with E-state index in [1.165, 1.54) is 16.7 Å². The highest BCUT2D eigenvalue weighted by Crippen LogP contribution is 2.31. The van der Waals surface area contributed by atoms with Gasteiger partial charge in [0.25, 0.3) is 11.5 Å². The molecule has 0 saturated carbocycles. The maximum absolute atomic E-state index is 14.3. The van der Waals surface area contributed by atoms with Crippen LogP contribution >= 0.6 is 0 Å². The molecule has 204 valence electrons. The molecular weight excluding hydrogens is 484 g/mol. The van der Waals surface area contributed by atoms with Gasteiger partial charge in [0.2, 0.25) is 0 Å². The summed E-state index contributed by atoms with van der Waals surface area (Å²) >= 11 is 0. The molecule has 4 aromatic rings. The highest BCUT2D eigenvalue weighted by Gasteiger charge is 2.27. The van der Waals surface area contributed by atoms with Gasteiger partial charge in [-0.2, -0.15) is 5.10 Å². The Balaban J connectivity index is 0.00000121. The average molecular weight is 524 g/mol. The van der Waals surface area contributed by atoms with Crippen molar-refractivity contribution in [2.45, 2.75) is 67.9 Å². The summed E-state index contributed by atoms with van der Waals surface area (Å²) in [6, 6.07) is 7.05. The molecule has 6 nitrogen and oxygen atoms in total. The first-order chi connectivity index (χ1) is 18.0. The fourth-order valence-electron chi connectivity index (χ4n) is 4.09. The van der Waals surface area contributed by atoms with E-state index in [2.05, 4.69) is 17.0 Å². The average Bonchev–Trinajstić information content (AvgIpc) is 3.28. The van der Waals surface area contributed by atoms with Crippen LogP contribution in [-0.2, 0) is 19.5 Å². The molecule has 0 amide bonds. The molecule has 0 unspecified atom stereocenters. The summed E-state index contributed by atoms with van der Waals surface area (Å²) < 4.78 is 31.6. The van der Waals surface area contributed by atoms with E-state index in [9.17, 15) is 13.6 Å². The highest BCUT2D eigenvalue weighted by atomic mass is 19.3. The van der Waals surface area contributed by atoms with Crippen molar-refractivity contribution in [3.05, 3.63) is 87.6 Å². The lowest BCUT2D eigenvalue weighted by Gasteiger charge is -2.18. The summed E-state index contributed by atoms with van der Waals surface area (Å²) in [7, 11) is 1.83. The Morgan fingerprint density at radius 2 is 1.84 bits per heavy atom. The van der Waals surface area contributed by atoms with Crippen molar-refractivity contribution < 1.29 is 8.78 Å². The molecular formula is C30H39F2N5O. The van der Waals surface area contributed by atoms with Gasteiger partial charge in [0, 0.05) is 66.2 Å². The fraction of sp³-hybridized carbons (Fsp3) is 0.367. The predicted octanol–water partition coefficient (Wildman–Crippen LogP) is 7.29. The molecule has 3 heterocycles. The number of benzene rings is 1. The second-order valence-corrected chi connectivity index (χ2v) is 8.60. The van der Waals surface area contributed by atoms with Gasteiger partial charge in [-0.15, -0.1) is 0 Å². The first-order valence-electron chi connectivity index (χ1n) is 12.9. The van der Waals surface area contributed by atoms with Crippen LogP contribution in [0.25, 0.3) is 27.8 Å². The molecule has 38 heavy (non-hydrogen) atoms. The van der Waals surface area contributed by atoms with E-state index in [0.29, 0.717) is 22.5 Å². The van der Waals surface area contributed by atoms with Gasteiger partial charge in [0.05, 0.1) is 11.2 Å². The van der Waals surface area contributed by atoms with Crippen molar-refractivity contribution in [2.24, 2.45) is 7.05 Å². The number of fused-ring (bicyclic) bond motifs is 2. The number of allylic oxidation sites excluding steroid dienone is 2. The Labute approximate surface area is 223 Å². The molecule has 0 bridgehead atoms. The maximum Gasteiger partial charge on any atom is 0.271 e. The van der Waals surface area contributed by atoms with Crippen LogP contribution in [0.1, 0.15) is 65.2 Å². The Morgan fingerprint density at radius 1 is 1.18 bits per heavy atom. The SMILES string of the molecule is C=C(C)/C(=C\C)NCc1cc(C(C)(F)F)cn2c(=O)c(C)c(-c3cccc4nn(C)cc34)nc12.CC.CC. The van der Waals surface area contributed by atoms with Crippen LogP contribution in [0, 0.1) is 6.92 Å². The van der Waals surface area contributed by atoms with Gasteiger partial charge >= 0.3 is 0 Å². The lowest BCUT2D eigenvalue weighted by molar-refractivity contribution is 0.0169. The Bertz CT molecular complexity index is 1520. The number of hydrogen-bond donors (Lipinski definition) is 1. The molecule has 1 N–H and O–H groups in total. The largest absolute Gasteiger partial charge is 0.381 e. The Hall–Kier alpha value is -3.81. The van der Waals surface area contributed by atoms with Crippen LogP contribution in [0.2, 0.25) is 0 Å². The second kappa shape index (κ2) is 12.6. The zero-order valence-electron chi connectivity index (χ0n) is 23.9. The standard InChI is InChI=1S/C26H27F2N5O.2C2H6/c1-7-21(15(2)3)29-12-17-11-18(26(5,27)28)13-33-24(17)30-23(16(4)25(33)34)19-9-8-10-22-20(19)14-32(6)31-22;2*1-2/h7-11,13-14,29H,2,12H2,1,3-6H3;2*1-2H3/b21-7+;;. The molecule has 0 aliphatic heterocycles. The zero-order valence-corrected chi connectivity index (χ0v) is 23.9. The van der Waals surface area contributed by atoms with E-state index in [0.717, 1.165) is 34.7 Å². The highest BCUT2D eigenvalue weighted by molar-refractivity contribution is 5.94. The number of hydrogen-bond acceptors (Lipinski definition) is 4. The second-order valence-electron chi connectivity index (χ2n) is 8.60. The molecule has 0 spiro atoms. The summed E-state index contributed by atoms with van der Waals surface area (Å²) in [4.78, 5) is 18.2. The van der Waals surface area contributed by atoms with Crippen molar-refractivity contribution >= 4 is 16.6 Å². The summed E-state index contributed by atoms with van der Waals surface area (Å²) in [5, 5.41) is 8.53. The molecule has 3 aromatic heterocycles. The number of aromatic nitrogens is 4. The smallest absolute Gasteiger partial charge is 0.271 e. The third kappa shape index (κ3) is 6.18. The summed E-state index contributed by atoms with van der Waals surface area (Å²) in [6.07, 6.45) is 4.92. The van der Waals surface area contributed by atoms with E-state index in [1.54, 1.807) is 11.6 Å². The molecule has 4 rings (SSSR count). The van der Waals surface area contributed by atoms with Gasteiger partial charge in [-0.3, -0.25) is 13.9 Å². The van der Waals surface area contributed by atoms with E-state index >= 15 is 0 Å². The number of aryl methyl sites for hydroxylation is 1. The normalized spacial score (nSPS) is 11.5. The van der Waals surface area contributed by atoms with Crippen molar-refractivity contribution in [1.29, 1.82) is 0 Å². The third-order valence-electron chi connectivity index (χ3n) is 5.87. The van der Waals surface area contributed by atoms with E-state index in [1.807, 2.05) is 79.1 Å². The summed E-state index contributed by atoms with van der Waals surface area (Å²) in [6.45, 7) is 18.3. The fourth-order valence-corrected chi connectivity index (χ4v) is 4.09. The topological polar surface area (TPSA) is 64.2 Å². The van der Waals surface area contributed by atoms with Gasteiger partial charge in [-0.05, 0) is 38.5 Å². The Morgan fingerprint density at radius 3 is 2.42 bits per heavy atom. The molecule has 8 heteroatoms. The van der Waals surface area contributed by atoms with Crippen LogP contribution in [-0.4, -0.2) is 19.2 Å². The maximum atomic E-state index is 14.3. The van der Waals surface area contributed by atoms with Crippen molar-refractivity contribution in [1.82, 2.24) is 24.5 Å². The van der Waals surface area contributed by atoms with Crippen LogP contribution in [0.3, 0.4) is 0 Å². The van der Waals surface area contributed by atoms with Gasteiger partial charge in [0.1, 0.15) is 5.65 Å². The molecule has 0 saturated heterocycles. The minimum Gasteiger partial charge on any atom is -0.381 e. The molecule has 0 aliphatic rings. The van der Waals surface area contributed by atoms with Crippen molar-refractivity contribution in [3.63, 3.8) is 0 Å². The quantitative estimate of drug-likeness (QED) is 0.270. The van der Waals surface area contributed by atoms with Gasteiger partial charge < -0.3 is 5.32 Å². The molecule has 0 radical (unpaired) electrons. The van der Waals surface area contributed by atoms with E-state index in [-0.39, 0.29) is 17.7 Å². The first-order valence-corrected chi connectivity index (χ1v) is 12.9. The lowest BCUT2D eigenvalue weighted by Crippen LogP contribution is -2.24. The molecule has 1 aromatic carbocycles. The van der Waals surface area contributed by atoms with Crippen LogP contribution < -0.4 is 10.9 Å². The third-order valence-corrected chi connectivity index (χ3v) is 5.87. The van der Waals surface area contributed by atoms with E-state index < -0.39 is 5.92 Å². The lowest BCUT2D eigenvalue weighted by atomic mass is 10.0. The van der Waals surface area contributed by atoms with Crippen molar-refractivity contribution in [2.75, 3.05) is 0 Å². The molecule has 0 fully saturated rings. The van der Waals surface area contributed by atoms with Crippen LogP contribution in [0.15, 0.2) is 65.4 Å². The number of nitrogens with zero attached hydrogens (tertiary/aromatic N) is 4. The van der Waals surface area contributed by atoms with Crippen LogP contribution in [0.5, 0.6) is 0 Å². The zero-order chi connectivity index (χ0) is 28.8. The monoisotopic (exact) mass is 523 g/mol. The van der Waals surface area contributed by atoms with E-state index in [4.69, 9.17) is 4.98 Å². The van der Waals surface area contributed by atoms with Gasteiger partial charge in [-0.25, -0.2) is 13.8 Å². The van der Waals surface area contributed by atoms with Gasteiger partial charge in [-0.1, -0.05) is 52.5 Å². The number of pyridine rings is 1.